The Bertz CT molecular complexity index is 377. The molecule has 0 amide bonds. The van der Waals surface area contributed by atoms with Crippen molar-refractivity contribution in [1.29, 1.82) is 0 Å². The molecular formula is C16H26FNO. The monoisotopic (exact) mass is 267 g/mol. The molecule has 0 aliphatic heterocycles. The second kappa shape index (κ2) is 8.16. The van der Waals surface area contributed by atoms with Crippen LogP contribution in [-0.4, -0.2) is 12.6 Å². The second-order valence-electron chi connectivity index (χ2n) is 4.91. The molecule has 0 aromatic heterocycles. The van der Waals surface area contributed by atoms with Crippen molar-refractivity contribution in [3.05, 3.63) is 29.6 Å². The molecule has 0 heterocycles. The molecule has 0 bridgehead atoms. The van der Waals surface area contributed by atoms with Crippen LogP contribution < -0.4 is 10.1 Å². The van der Waals surface area contributed by atoms with Crippen molar-refractivity contribution in [2.45, 2.75) is 59.1 Å². The molecule has 2 nitrogen and oxygen atoms in total. The lowest BCUT2D eigenvalue weighted by Crippen LogP contribution is -2.21. The topological polar surface area (TPSA) is 21.3 Å². The van der Waals surface area contributed by atoms with E-state index in [1.807, 2.05) is 6.07 Å². The highest BCUT2D eigenvalue weighted by molar-refractivity contribution is 5.36. The molecule has 0 fully saturated rings. The lowest BCUT2D eigenvalue weighted by molar-refractivity contribution is 0.189. The van der Waals surface area contributed by atoms with Crippen LogP contribution in [0.2, 0.25) is 0 Å². The van der Waals surface area contributed by atoms with Gasteiger partial charge in [0, 0.05) is 17.7 Å². The van der Waals surface area contributed by atoms with E-state index in [1.165, 1.54) is 12.1 Å². The first kappa shape index (κ1) is 16.0. The quantitative estimate of drug-likeness (QED) is 0.751. The molecule has 1 unspecified atom stereocenters. The zero-order valence-corrected chi connectivity index (χ0v) is 12.5. The van der Waals surface area contributed by atoms with Crippen LogP contribution in [0.5, 0.6) is 5.75 Å². The van der Waals surface area contributed by atoms with Crippen LogP contribution >= 0.6 is 0 Å². The highest BCUT2D eigenvalue weighted by Gasteiger charge is 2.15. The van der Waals surface area contributed by atoms with Gasteiger partial charge in [0.1, 0.15) is 11.6 Å². The van der Waals surface area contributed by atoms with Crippen molar-refractivity contribution in [3.63, 3.8) is 0 Å². The maximum atomic E-state index is 13.4. The smallest absolute Gasteiger partial charge is 0.127 e. The van der Waals surface area contributed by atoms with Crippen LogP contribution in [0.4, 0.5) is 4.39 Å². The highest BCUT2D eigenvalue weighted by atomic mass is 19.1. The molecule has 0 aliphatic rings. The third-order valence-corrected chi connectivity index (χ3v) is 3.35. The molecule has 3 heteroatoms. The van der Waals surface area contributed by atoms with Crippen molar-refractivity contribution in [1.82, 2.24) is 5.32 Å². The number of halogens is 1. The van der Waals surface area contributed by atoms with E-state index in [0.29, 0.717) is 5.75 Å². The van der Waals surface area contributed by atoms with Crippen LogP contribution in [-0.2, 0) is 0 Å². The molecule has 0 radical (unpaired) electrons. The summed E-state index contributed by atoms with van der Waals surface area (Å²) in [6.45, 7) is 9.34. The van der Waals surface area contributed by atoms with E-state index < -0.39 is 0 Å². The number of nitrogens with one attached hydrogen (secondary N) is 1. The van der Waals surface area contributed by atoms with Gasteiger partial charge < -0.3 is 10.1 Å². The van der Waals surface area contributed by atoms with Crippen molar-refractivity contribution >= 4 is 0 Å². The minimum Gasteiger partial charge on any atom is -0.490 e. The average molecular weight is 267 g/mol. The molecule has 1 aromatic carbocycles. The fourth-order valence-electron chi connectivity index (χ4n) is 2.07. The van der Waals surface area contributed by atoms with Gasteiger partial charge in [-0.3, -0.25) is 0 Å². The van der Waals surface area contributed by atoms with Crippen molar-refractivity contribution in [2.75, 3.05) is 6.54 Å². The van der Waals surface area contributed by atoms with Crippen LogP contribution in [0.1, 0.15) is 58.6 Å². The van der Waals surface area contributed by atoms with Crippen LogP contribution in [0.25, 0.3) is 0 Å². The molecular weight excluding hydrogens is 241 g/mol. The zero-order valence-electron chi connectivity index (χ0n) is 12.5. The Hall–Kier alpha value is -1.09. The van der Waals surface area contributed by atoms with E-state index >= 15 is 0 Å². The Morgan fingerprint density at radius 1 is 1.21 bits per heavy atom. The van der Waals surface area contributed by atoms with E-state index in [-0.39, 0.29) is 18.0 Å². The Balaban J connectivity index is 2.90. The van der Waals surface area contributed by atoms with Gasteiger partial charge >= 0.3 is 0 Å². The number of rotatable bonds is 8. The summed E-state index contributed by atoms with van der Waals surface area (Å²) in [6.07, 6.45) is 3.10. The summed E-state index contributed by atoms with van der Waals surface area (Å²) in [5.41, 5.74) is 1.03. The van der Waals surface area contributed by atoms with E-state index in [1.54, 1.807) is 0 Å². The summed E-state index contributed by atoms with van der Waals surface area (Å²) in [7, 11) is 0. The van der Waals surface area contributed by atoms with E-state index in [2.05, 4.69) is 33.0 Å². The van der Waals surface area contributed by atoms with E-state index in [4.69, 9.17) is 4.74 Å². The summed E-state index contributed by atoms with van der Waals surface area (Å²) in [5.74, 6) is 0.428. The molecule has 0 saturated carbocycles. The van der Waals surface area contributed by atoms with Crippen molar-refractivity contribution in [2.24, 2.45) is 0 Å². The first-order chi connectivity index (χ1) is 9.12. The van der Waals surface area contributed by atoms with Crippen LogP contribution in [0.15, 0.2) is 18.2 Å². The summed E-state index contributed by atoms with van der Waals surface area (Å²) >= 11 is 0. The number of benzene rings is 1. The summed E-state index contributed by atoms with van der Waals surface area (Å²) < 4.78 is 19.4. The third kappa shape index (κ3) is 4.83. The maximum absolute atomic E-state index is 13.4. The van der Waals surface area contributed by atoms with Gasteiger partial charge in [-0.1, -0.05) is 26.8 Å². The molecule has 0 aliphatic carbocycles. The summed E-state index contributed by atoms with van der Waals surface area (Å²) in [6, 6.07) is 4.99. The molecule has 19 heavy (non-hydrogen) atoms. The maximum Gasteiger partial charge on any atom is 0.127 e. The zero-order chi connectivity index (χ0) is 14.3. The number of hydrogen-bond donors (Lipinski definition) is 1. The molecule has 1 N–H and O–H groups in total. The Morgan fingerprint density at radius 2 is 1.89 bits per heavy atom. The minimum atomic E-state index is -0.243. The number of hydrogen-bond acceptors (Lipinski definition) is 2. The van der Waals surface area contributed by atoms with Crippen molar-refractivity contribution < 1.29 is 9.13 Å². The summed E-state index contributed by atoms with van der Waals surface area (Å²) in [4.78, 5) is 0. The lowest BCUT2D eigenvalue weighted by atomic mass is 10.1. The van der Waals surface area contributed by atoms with Gasteiger partial charge in [0.2, 0.25) is 0 Å². The van der Waals surface area contributed by atoms with Gasteiger partial charge in [0.15, 0.2) is 0 Å². The van der Waals surface area contributed by atoms with Crippen LogP contribution in [0.3, 0.4) is 0 Å². The lowest BCUT2D eigenvalue weighted by Gasteiger charge is -2.22. The first-order valence-electron chi connectivity index (χ1n) is 7.31. The van der Waals surface area contributed by atoms with E-state index in [0.717, 1.165) is 31.4 Å². The van der Waals surface area contributed by atoms with Crippen LogP contribution in [0, 0.1) is 5.82 Å². The minimum absolute atomic E-state index is 0.152. The fraction of sp³-hybridized carbons (Fsp3) is 0.625. The molecule has 1 aromatic rings. The van der Waals surface area contributed by atoms with Gasteiger partial charge in [-0.15, -0.1) is 0 Å². The first-order valence-corrected chi connectivity index (χ1v) is 7.31. The third-order valence-electron chi connectivity index (χ3n) is 3.35. The molecule has 0 saturated heterocycles. The van der Waals surface area contributed by atoms with Crippen molar-refractivity contribution in [3.8, 4) is 5.75 Å². The van der Waals surface area contributed by atoms with Gasteiger partial charge in [0.25, 0.3) is 0 Å². The normalized spacial score (nSPS) is 12.7. The SMILES string of the molecule is CCCNC(C)c1ccc(F)cc1OC(CC)CC. The average Bonchev–Trinajstić information content (AvgIpc) is 2.42. The Morgan fingerprint density at radius 3 is 2.47 bits per heavy atom. The van der Waals surface area contributed by atoms with Gasteiger partial charge in [0.05, 0.1) is 6.10 Å². The second-order valence-corrected chi connectivity index (χ2v) is 4.91. The predicted molar refractivity (Wildman–Crippen MR) is 78.1 cm³/mol. The Labute approximate surface area is 116 Å². The Kier molecular flexibility index (Phi) is 6.85. The number of ether oxygens (including phenoxy) is 1. The van der Waals surface area contributed by atoms with E-state index in [9.17, 15) is 4.39 Å². The van der Waals surface area contributed by atoms with Gasteiger partial charge in [-0.2, -0.15) is 0 Å². The molecule has 0 spiro atoms. The largest absolute Gasteiger partial charge is 0.490 e. The fourth-order valence-corrected chi connectivity index (χ4v) is 2.07. The standard InChI is InChI=1S/C16H26FNO/c1-5-10-18-12(4)15-9-8-13(17)11-16(15)19-14(6-2)7-3/h8-9,11-12,14,18H,5-7,10H2,1-4H3. The summed E-state index contributed by atoms with van der Waals surface area (Å²) in [5, 5.41) is 3.42. The highest BCUT2D eigenvalue weighted by Crippen LogP contribution is 2.28. The molecule has 1 rings (SSSR count). The predicted octanol–water partition coefficient (Wildman–Crippen LogP) is 4.45. The van der Waals surface area contributed by atoms with Gasteiger partial charge in [-0.25, -0.2) is 4.39 Å². The van der Waals surface area contributed by atoms with Gasteiger partial charge in [-0.05, 0) is 38.8 Å². The molecule has 1 atom stereocenters. The molecule has 108 valence electrons.